The molecule has 156 valence electrons. The number of likely N-dealkylation sites (tertiary alicyclic amines) is 1. The molecular weight excluding hydrogens is 356 g/mol. The largest absolute Gasteiger partial charge is 0.493 e. The third-order valence-corrected chi connectivity index (χ3v) is 6.42. The van der Waals surface area contributed by atoms with E-state index in [0.29, 0.717) is 17.8 Å². The van der Waals surface area contributed by atoms with E-state index in [9.17, 15) is 5.11 Å². The van der Waals surface area contributed by atoms with Gasteiger partial charge in [0.25, 0.3) is 0 Å². The van der Waals surface area contributed by atoms with Gasteiger partial charge in [-0.25, -0.2) is 0 Å². The molecule has 4 rings (SSSR count). The summed E-state index contributed by atoms with van der Waals surface area (Å²) in [6, 6.07) is 6.21. The van der Waals surface area contributed by atoms with Gasteiger partial charge < -0.3 is 19.3 Å². The van der Waals surface area contributed by atoms with Crippen molar-refractivity contribution in [1.82, 2.24) is 9.80 Å². The number of hydrogen-bond donors (Lipinski definition) is 1. The lowest BCUT2D eigenvalue weighted by Crippen LogP contribution is -2.42. The Morgan fingerprint density at radius 3 is 2.68 bits per heavy atom. The van der Waals surface area contributed by atoms with Gasteiger partial charge in [0.05, 0.1) is 20.3 Å². The number of piperidine rings is 1. The maximum atomic E-state index is 10.3. The first-order valence-corrected chi connectivity index (χ1v) is 10.7. The maximum Gasteiger partial charge on any atom is 0.161 e. The molecule has 0 unspecified atom stereocenters. The van der Waals surface area contributed by atoms with Gasteiger partial charge in [-0.2, -0.15) is 0 Å². The number of hydrogen-bond acceptors (Lipinski definition) is 6. The van der Waals surface area contributed by atoms with E-state index in [2.05, 4.69) is 21.9 Å². The number of benzene rings is 1. The van der Waals surface area contributed by atoms with E-state index >= 15 is 0 Å². The minimum Gasteiger partial charge on any atom is -0.493 e. The Kier molecular flexibility index (Phi) is 6.41. The molecule has 28 heavy (non-hydrogen) atoms. The van der Waals surface area contributed by atoms with Crippen LogP contribution in [0.15, 0.2) is 18.2 Å². The second-order valence-corrected chi connectivity index (χ2v) is 8.47. The standard InChI is InChI=1S/C22H34N2O4/c1-26-21-14-18(15-24-9-3-2-6-22(24)7-8-22)4-5-20(21)28-17-19(25)16-23-10-12-27-13-11-23/h4-5,14,19,25H,2-3,6-13,15-17H2,1H3/t19-/m0/s1. The van der Waals surface area contributed by atoms with E-state index in [1.165, 1.54) is 44.2 Å². The summed E-state index contributed by atoms with van der Waals surface area (Å²) in [6.45, 7) is 6.27. The van der Waals surface area contributed by atoms with Crippen molar-refractivity contribution in [2.45, 2.75) is 50.3 Å². The summed E-state index contributed by atoms with van der Waals surface area (Å²) in [5, 5.41) is 10.3. The Bertz CT molecular complexity index is 643. The molecule has 1 spiro atoms. The Morgan fingerprint density at radius 2 is 1.93 bits per heavy atom. The molecule has 3 aliphatic rings. The number of nitrogens with zero attached hydrogens (tertiary/aromatic N) is 2. The number of rotatable bonds is 8. The summed E-state index contributed by atoms with van der Waals surface area (Å²) < 4.78 is 16.8. The molecule has 2 saturated heterocycles. The molecule has 0 amide bonds. The summed E-state index contributed by atoms with van der Waals surface area (Å²) >= 11 is 0. The molecule has 2 heterocycles. The van der Waals surface area contributed by atoms with Crippen LogP contribution in [0.1, 0.15) is 37.7 Å². The molecule has 0 bridgehead atoms. The fourth-order valence-electron chi connectivity index (χ4n) is 4.58. The van der Waals surface area contributed by atoms with Crippen molar-refractivity contribution in [1.29, 1.82) is 0 Å². The third-order valence-electron chi connectivity index (χ3n) is 6.42. The molecule has 1 aromatic carbocycles. The van der Waals surface area contributed by atoms with Crippen molar-refractivity contribution < 1.29 is 19.3 Å². The lowest BCUT2D eigenvalue weighted by atomic mass is 9.99. The SMILES string of the molecule is COc1cc(CN2CCCCC23CC3)ccc1OC[C@@H](O)CN1CCOCC1. The quantitative estimate of drug-likeness (QED) is 0.735. The van der Waals surface area contributed by atoms with Gasteiger partial charge in [-0.15, -0.1) is 0 Å². The molecule has 6 heteroatoms. The van der Waals surface area contributed by atoms with Crippen LogP contribution in [0.2, 0.25) is 0 Å². The molecule has 1 aliphatic carbocycles. The van der Waals surface area contributed by atoms with Gasteiger partial charge in [-0.1, -0.05) is 12.5 Å². The van der Waals surface area contributed by atoms with Crippen LogP contribution in [-0.2, 0) is 11.3 Å². The predicted molar refractivity (Wildman–Crippen MR) is 108 cm³/mol. The van der Waals surface area contributed by atoms with Crippen LogP contribution in [0.3, 0.4) is 0 Å². The van der Waals surface area contributed by atoms with Crippen LogP contribution in [0.25, 0.3) is 0 Å². The van der Waals surface area contributed by atoms with Gasteiger partial charge in [-0.3, -0.25) is 9.80 Å². The first kappa shape index (κ1) is 20.0. The number of β-amino-alcohol motifs (C(OH)–C–C–N with tert-alkyl or cyclic N) is 1. The summed E-state index contributed by atoms with van der Waals surface area (Å²) in [6.07, 6.45) is 6.22. The maximum absolute atomic E-state index is 10.3. The molecule has 0 aromatic heterocycles. The lowest BCUT2D eigenvalue weighted by molar-refractivity contribution is 0.00445. The fraction of sp³-hybridized carbons (Fsp3) is 0.727. The van der Waals surface area contributed by atoms with Gasteiger partial charge >= 0.3 is 0 Å². The first-order chi connectivity index (χ1) is 13.7. The summed E-state index contributed by atoms with van der Waals surface area (Å²) in [5.41, 5.74) is 1.76. The van der Waals surface area contributed by atoms with Crippen LogP contribution < -0.4 is 9.47 Å². The minimum absolute atomic E-state index is 0.266. The smallest absolute Gasteiger partial charge is 0.161 e. The van der Waals surface area contributed by atoms with Crippen LogP contribution in [0.5, 0.6) is 11.5 Å². The highest BCUT2D eigenvalue weighted by atomic mass is 16.5. The predicted octanol–water partition coefficient (Wildman–Crippen LogP) is 2.29. The van der Waals surface area contributed by atoms with Crippen molar-refractivity contribution in [3.05, 3.63) is 23.8 Å². The second-order valence-electron chi connectivity index (χ2n) is 8.47. The minimum atomic E-state index is -0.523. The monoisotopic (exact) mass is 390 g/mol. The molecule has 0 radical (unpaired) electrons. The van der Waals surface area contributed by atoms with Gasteiger partial charge in [0.15, 0.2) is 11.5 Å². The molecule has 1 aromatic rings. The van der Waals surface area contributed by atoms with Crippen molar-refractivity contribution in [3.63, 3.8) is 0 Å². The zero-order valence-electron chi connectivity index (χ0n) is 17.1. The van der Waals surface area contributed by atoms with Crippen LogP contribution in [0.4, 0.5) is 0 Å². The lowest BCUT2D eigenvalue weighted by Gasteiger charge is -2.36. The Morgan fingerprint density at radius 1 is 1.11 bits per heavy atom. The zero-order chi connectivity index (χ0) is 19.4. The number of aliphatic hydroxyl groups is 1. The molecule has 3 fully saturated rings. The van der Waals surface area contributed by atoms with Crippen molar-refractivity contribution in [3.8, 4) is 11.5 Å². The Hall–Kier alpha value is -1.34. The number of aliphatic hydroxyl groups excluding tert-OH is 1. The third kappa shape index (κ3) is 4.79. The van der Waals surface area contributed by atoms with Gasteiger partial charge in [-0.05, 0) is 49.9 Å². The van der Waals surface area contributed by atoms with Crippen LogP contribution in [0, 0.1) is 0 Å². The highest BCUT2D eigenvalue weighted by Crippen LogP contribution is 2.49. The molecule has 6 nitrogen and oxygen atoms in total. The van der Waals surface area contributed by atoms with Crippen molar-refractivity contribution >= 4 is 0 Å². The number of methoxy groups -OCH3 is 1. The van der Waals surface area contributed by atoms with E-state index < -0.39 is 6.10 Å². The normalized spacial score (nSPS) is 23.5. The van der Waals surface area contributed by atoms with Gasteiger partial charge in [0.1, 0.15) is 12.7 Å². The summed E-state index contributed by atoms with van der Waals surface area (Å²) in [5.74, 6) is 1.45. The average molecular weight is 391 g/mol. The first-order valence-electron chi connectivity index (χ1n) is 10.7. The Labute approximate surface area is 168 Å². The van der Waals surface area contributed by atoms with E-state index in [1.807, 2.05) is 6.07 Å². The molecule has 2 aliphatic heterocycles. The topological polar surface area (TPSA) is 54.4 Å². The molecular formula is C22H34N2O4. The van der Waals surface area contributed by atoms with Gasteiger partial charge in [0.2, 0.25) is 0 Å². The molecule has 1 N–H and O–H groups in total. The van der Waals surface area contributed by atoms with E-state index in [4.69, 9.17) is 14.2 Å². The zero-order valence-corrected chi connectivity index (χ0v) is 17.1. The average Bonchev–Trinajstić information content (AvgIpc) is 3.49. The number of morpholine rings is 1. The van der Waals surface area contributed by atoms with Crippen molar-refractivity contribution in [2.24, 2.45) is 0 Å². The molecule has 1 atom stereocenters. The highest BCUT2D eigenvalue weighted by Gasteiger charge is 2.48. The van der Waals surface area contributed by atoms with Crippen LogP contribution >= 0.6 is 0 Å². The second kappa shape index (κ2) is 8.99. The number of ether oxygens (including phenoxy) is 3. The van der Waals surface area contributed by atoms with E-state index in [1.54, 1.807) is 7.11 Å². The van der Waals surface area contributed by atoms with Crippen molar-refractivity contribution in [2.75, 3.05) is 53.1 Å². The summed E-state index contributed by atoms with van der Waals surface area (Å²) in [4.78, 5) is 4.88. The fourth-order valence-corrected chi connectivity index (χ4v) is 4.58. The molecule has 1 saturated carbocycles. The van der Waals surface area contributed by atoms with Gasteiger partial charge in [0, 0.05) is 31.7 Å². The Balaban J connectivity index is 1.31. The highest BCUT2D eigenvalue weighted by molar-refractivity contribution is 5.43. The van der Waals surface area contributed by atoms with Crippen LogP contribution in [-0.4, -0.2) is 79.7 Å². The van der Waals surface area contributed by atoms with E-state index in [-0.39, 0.29) is 6.61 Å². The summed E-state index contributed by atoms with van der Waals surface area (Å²) in [7, 11) is 1.68. The van der Waals surface area contributed by atoms with E-state index in [0.717, 1.165) is 38.6 Å².